The fourth-order valence-corrected chi connectivity index (χ4v) is 2.11. The summed E-state index contributed by atoms with van der Waals surface area (Å²) in [6.45, 7) is 8.97. The molecule has 2 atom stereocenters. The van der Waals surface area contributed by atoms with Crippen molar-refractivity contribution in [3.63, 3.8) is 0 Å². The summed E-state index contributed by atoms with van der Waals surface area (Å²) in [6.07, 6.45) is 5.52. The maximum absolute atomic E-state index is 6.06. The van der Waals surface area contributed by atoms with Crippen LogP contribution in [0.5, 0.6) is 0 Å². The maximum atomic E-state index is 6.06. The van der Waals surface area contributed by atoms with Crippen LogP contribution in [0.3, 0.4) is 0 Å². The van der Waals surface area contributed by atoms with Crippen LogP contribution in [-0.4, -0.2) is 11.7 Å². The highest BCUT2D eigenvalue weighted by atomic mass is 16.5. The first-order chi connectivity index (χ1) is 5.55. The second-order valence-electron chi connectivity index (χ2n) is 4.69. The molecule has 1 heterocycles. The number of hydrogen-bond donors (Lipinski definition) is 0. The first-order valence-electron chi connectivity index (χ1n) is 5.23. The Balaban J connectivity index is 2.59. The molecule has 0 saturated carbocycles. The van der Waals surface area contributed by atoms with Crippen molar-refractivity contribution in [2.45, 2.75) is 65.1 Å². The number of ether oxygens (including phenoxy) is 1. The topological polar surface area (TPSA) is 9.23 Å². The third-order valence-electron chi connectivity index (χ3n) is 2.95. The zero-order chi connectivity index (χ0) is 9.19. The van der Waals surface area contributed by atoms with E-state index in [-0.39, 0.29) is 5.60 Å². The molecule has 72 valence electrons. The molecule has 2 unspecified atom stereocenters. The van der Waals surface area contributed by atoms with Crippen molar-refractivity contribution < 1.29 is 4.74 Å². The molecular weight excluding hydrogens is 148 g/mol. The molecule has 12 heavy (non-hydrogen) atoms. The van der Waals surface area contributed by atoms with E-state index in [1.54, 1.807) is 0 Å². The average molecular weight is 170 g/mol. The van der Waals surface area contributed by atoms with E-state index >= 15 is 0 Å². The molecule has 1 rings (SSSR count). The SMILES string of the molecule is CCC1OC(C)(C)CCCC1C. The largest absolute Gasteiger partial charge is 0.372 e. The summed E-state index contributed by atoms with van der Waals surface area (Å²) in [5.74, 6) is 0.747. The predicted molar refractivity (Wildman–Crippen MR) is 52.3 cm³/mol. The second kappa shape index (κ2) is 3.78. The highest BCUT2D eigenvalue weighted by Gasteiger charge is 2.29. The van der Waals surface area contributed by atoms with Crippen molar-refractivity contribution in [3.05, 3.63) is 0 Å². The standard InChI is InChI=1S/C11H22O/c1-5-10-9(2)7-6-8-11(3,4)12-10/h9-10H,5-8H2,1-4H3. The molecule has 0 N–H and O–H groups in total. The van der Waals surface area contributed by atoms with Gasteiger partial charge in [-0.15, -0.1) is 0 Å². The van der Waals surface area contributed by atoms with Crippen molar-refractivity contribution >= 4 is 0 Å². The van der Waals surface area contributed by atoms with Gasteiger partial charge in [-0.3, -0.25) is 0 Å². The summed E-state index contributed by atoms with van der Waals surface area (Å²) in [7, 11) is 0. The predicted octanol–water partition coefficient (Wildman–Crippen LogP) is 3.38. The van der Waals surface area contributed by atoms with Gasteiger partial charge in [0.15, 0.2) is 0 Å². The first kappa shape index (κ1) is 10.0. The molecular formula is C11H22O. The van der Waals surface area contributed by atoms with Gasteiger partial charge in [0.25, 0.3) is 0 Å². The van der Waals surface area contributed by atoms with Gasteiger partial charge in [0.05, 0.1) is 11.7 Å². The zero-order valence-corrected chi connectivity index (χ0v) is 8.89. The van der Waals surface area contributed by atoms with E-state index in [1.165, 1.54) is 19.3 Å². The third kappa shape index (κ3) is 2.48. The smallest absolute Gasteiger partial charge is 0.0630 e. The lowest BCUT2D eigenvalue weighted by Gasteiger charge is -2.29. The Morgan fingerprint density at radius 3 is 2.67 bits per heavy atom. The van der Waals surface area contributed by atoms with Gasteiger partial charge in [-0.2, -0.15) is 0 Å². The average Bonchev–Trinajstić information content (AvgIpc) is 2.10. The molecule has 1 aliphatic heterocycles. The Morgan fingerprint density at radius 2 is 2.08 bits per heavy atom. The van der Waals surface area contributed by atoms with Gasteiger partial charge in [-0.1, -0.05) is 20.3 Å². The van der Waals surface area contributed by atoms with Crippen molar-refractivity contribution in [1.82, 2.24) is 0 Å². The van der Waals surface area contributed by atoms with Gasteiger partial charge < -0.3 is 4.74 Å². The molecule has 0 radical (unpaired) electrons. The molecule has 0 aromatic rings. The summed E-state index contributed by atoms with van der Waals surface area (Å²) in [5, 5.41) is 0. The summed E-state index contributed by atoms with van der Waals surface area (Å²) in [4.78, 5) is 0. The molecule has 1 saturated heterocycles. The molecule has 1 fully saturated rings. The minimum Gasteiger partial charge on any atom is -0.372 e. The van der Waals surface area contributed by atoms with E-state index in [2.05, 4.69) is 27.7 Å². The van der Waals surface area contributed by atoms with Crippen LogP contribution in [0, 0.1) is 5.92 Å². The summed E-state index contributed by atoms with van der Waals surface area (Å²) in [5.41, 5.74) is 0.117. The lowest BCUT2D eigenvalue weighted by Crippen LogP contribution is -2.30. The molecule has 0 amide bonds. The van der Waals surface area contributed by atoms with Crippen LogP contribution in [0.25, 0.3) is 0 Å². The molecule has 0 spiro atoms. The number of hydrogen-bond acceptors (Lipinski definition) is 1. The Hall–Kier alpha value is -0.0400. The van der Waals surface area contributed by atoms with Crippen molar-refractivity contribution in [3.8, 4) is 0 Å². The summed E-state index contributed by atoms with van der Waals surface area (Å²) >= 11 is 0. The number of rotatable bonds is 1. The highest BCUT2D eigenvalue weighted by molar-refractivity contribution is 4.78. The van der Waals surface area contributed by atoms with Gasteiger partial charge >= 0.3 is 0 Å². The molecule has 0 aliphatic carbocycles. The fraction of sp³-hybridized carbons (Fsp3) is 1.00. The molecule has 0 aromatic heterocycles. The second-order valence-corrected chi connectivity index (χ2v) is 4.69. The molecule has 1 nitrogen and oxygen atoms in total. The Labute approximate surface area is 76.5 Å². The van der Waals surface area contributed by atoms with E-state index in [0.29, 0.717) is 6.10 Å². The normalized spacial score (nSPS) is 36.0. The minimum absolute atomic E-state index is 0.117. The Kier molecular flexibility index (Phi) is 3.16. The monoisotopic (exact) mass is 170 g/mol. The van der Waals surface area contributed by atoms with Crippen LogP contribution in [0.4, 0.5) is 0 Å². The lowest BCUT2D eigenvalue weighted by atomic mass is 9.96. The first-order valence-corrected chi connectivity index (χ1v) is 5.23. The van der Waals surface area contributed by atoms with Gasteiger partial charge in [-0.25, -0.2) is 0 Å². The van der Waals surface area contributed by atoms with Gasteiger partial charge in [-0.05, 0) is 39.0 Å². The third-order valence-corrected chi connectivity index (χ3v) is 2.95. The van der Waals surface area contributed by atoms with E-state index in [0.717, 1.165) is 12.3 Å². The zero-order valence-electron chi connectivity index (χ0n) is 8.89. The van der Waals surface area contributed by atoms with E-state index in [9.17, 15) is 0 Å². The fourth-order valence-electron chi connectivity index (χ4n) is 2.11. The van der Waals surface area contributed by atoms with Crippen LogP contribution in [0.2, 0.25) is 0 Å². The van der Waals surface area contributed by atoms with Crippen LogP contribution in [0.15, 0.2) is 0 Å². The van der Waals surface area contributed by atoms with Crippen molar-refractivity contribution in [1.29, 1.82) is 0 Å². The van der Waals surface area contributed by atoms with Gasteiger partial charge in [0, 0.05) is 0 Å². The molecule has 1 aliphatic rings. The molecule has 0 aromatic carbocycles. The molecule has 0 bridgehead atoms. The lowest BCUT2D eigenvalue weighted by molar-refractivity contribution is -0.0838. The van der Waals surface area contributed by atoms with Crippen LogP contribution in [-0.2, 0) is 4.74 Å². The quantitative estimate of drug-likeness (QED) is 0.586. The Morgan fingerprint density at radius 1 is 1.42 bits per heavy atom. The highest BCUT2D eigenvalue weighted by Crippen LogP contribution is 2.31. The Bertz CT molecular complexity index is 140. The van der Waals surface area contributed by atoms with E-state index < -0.39 is 0 Å². The van der Waals surface area contributed by atoms with Crippen molar-refractivity contribution in [2.24, 2.45) is 5.92 Å². The van der Waals surface area contributed by atoms with Crippen molar-refractivity contribution in [2.75, 3.05) is 0 Å². The van der Waals surface area contributed by atoms with Crippen LogP contribution < -0.4 is 0 Å². The van der Waals surface area contributed by atoms with Crippen LogP contribution in [0.1, 0.15) is 53.4 Å². The van der Waals surface area contributed by atoms with E-state index in [1.807, 2.05) is 0 Å². The van der Waals surface area contributed by atoms with Gasteiger partial charge in [0.1, 0.15) is 0 Å². The minimum atomic E-state index is 0.117. The van der Waals surface area contributed by atoms with Gasteiger partial charge in [0.2, 0.25) is 0 Å². The van der Waals surface area contributed by atoms with E-state index in [4.69, 9.17) is 4.74 Å². The van der Waals surface area contributed by atoms with Crippen LogP contribution >= 0.6 is 0 Å². The molecule has 1 heteroatoms. The summed E-state index contributed by atoms with van der Waals surface area (Å²) < 4.78 is 6.06. The maximum Gasteiger partial charge on any atom is 0.0630 e. The summed E-state index contributed by atoms with van der Waals surface area (Å²) in [6, 6.07) is 0.